The molecule has 0 aliphatic heterocycles. The van der Waals surface area contributed by atoms with E-state index in [1.54, 1.807) is 70.5 Å². The zero-order chi connectivity index (χ0) is 52.6. The second-order valence-electron chi connectivity index (χ2n) is 19.6. The van der Waals surface area contributed by atoms with Crippen LogP contribution in [0, 0.1) is 23.2 Å². The molecule has 2 amide bonds. The van der Waals surface area contributed by atoms with Crippen molar-refractivity contribution in [2.24, 2.45) is 23.2 Å². The average Bonchev–Trinajstić information content (AvgIpc) is 3.38. The zero-order valence-corrected chi connectivity index (χ0v) is 43.8. The summed E-state index contributed by atoms with van der Waals surface area (Å²) in [6, 6.07) is 26.7. The van der Waals surface area contributed by atoms with Crippen molar-refractivity contribution in [1.29, 1.82) is 0 Å². The minimum Gasteiger partial charge on any atom is -0.497 e. The number of ether oxygens (including phenoxy) is 4. The number of anilines is 1. The standard InChI is InChI=1S/C56H73N3O12S/c1-9-56(4,5)54(64)53(63)44-20-13-14-21-45(44)55(65)71-48(28-22-39-23-29-49(69-7)50(33-39)70-8)40-18-15-19-41(34-40)57-51(61)30-31-52(62)58-46(32-38-16-11-10-12-17-38)47(60)36-59(35-37(2)3)72(66,67)43-26-24-42(68-6)25-27-43/h10-12,15-19,23-27,29,33-34,37,44-48,60H,9,13-14,20-22,28,30-32,35-36H2,1-8H3,(H,57,61)(H,58,62)/t44?,45?,46-,47+,48?/m0/s1. The number of Topliss-reactive ketones (excluding diaryl/α,β-unsaturated/α-hetero) is 2. The number of aryl methyl sites for hydroxylation is 1. The van der Waals surface area contributed by atoms with Crippen molar-refractivity contribution in [3.05, 3.63) is 114 Å². The highest BCUT2D eigenvalue weighted by Crippen LogP contribution is 2.37. The topological polar surface area (TPSA) is 204 Å². The van der Waals surface area contributed by atoms with Gasteiger partial charge in [0, 0.05) is 43.0 Å². The number of aliphatic hydroxyl groups is 1. The fourth-order valence-electron chi connectivity index (χ4n) is 8.85. The van der Waals surface area contributed by atoms with Gasteiger partial charge in [0.25, 0.3) is 0 Å². The number of nitrogens with one attached hydrogen (secondary N) is 2. The Morgan fingerprint density at radius 2 is 1.43 bits per heavy atom. The normalized spacial score (nSPS) is 16.3. The van der Waals surface area contributed by atoms with Gasteiger partial charge in [0.15, 0.2) is 11.5 Å². The number of ketones is 2. The number of methoxy groups -OCH3 is 3. The SMILES string of the molecule is CCC(C)(C)C(=O)C(=O)C1CCCCC1C(=O)OC(CCc1ccc(OC)c(OC)c1)c1cccc(NC(=O)CCC(=O)N[C@@H](Cc2ccccc2)[C@H](O)CN(CC(C)C)S(=O)(=O)c2ccc(OC)cc2)c1. The van der Waals surface area contributed by atoms with Crippen LogP contribution < -0.4 is 24.8 Å². The predicted molar refractivity (Wildman–Crippen MR) is 275 cm³/mol. The van der Waals surface area contributed by atoms with Crippen LogP contribution in [0.1, 0.15) is 109 Å². The van der Waals surface area contributed by atoms with E-state index in [1.807, 2.05) is 63.2 Å². The lowest BCUT2D eigenvalue weighted by Gasteiger charge is -2.32. The summed E-state index contributed by atoms with van der Waals surface area (Å²) in [7, 11) is 0.522. The number of hydrogen-bond donors (Lipinski definition) is 3. The van der Waals surface area contributed by atoms with Gasteiger partial charge in [0.1, 0.15) is 11.9 Å². The van der Waals surface area contributed by atoms with E-state index in [0.29, 0.717) is 67.0 Å². The van der Waals surface area contributed by atoms with Crippen LogP contribution in [-0.2, 0) is 51.6 Å². The highest BCUT2D eigenvalue weighted by atomic mass is 32.2. The third-order valence-corrected chi connectivity index (χ3v) is 15.3. The maximum Gasteiger partial charge on any atom is 0.310 e. The molecule has 390 valence electrons. The first-order valence-corrected chi connectivity index (χ1v) is 26.3. The molecule has 0 aromatic heterocycles. The fraction of sp³-hybridized carbons (Fsp3) is 0.482. The Balaban J connectivity index is 1.31. The van der Waals surface area contributed by atoms with Crippen molar-refractivity contribution in [1.82, 2.24) is 9.62 Å². The molecule has 4 aromatic carbocycles. The van der Waals surface area contributed by atoms with Crippen molar-refractivity contribution < 1.29 is 56.4 Å². The molecule has 3 N–H and O–H groups in total. The monoisotopic (exact) mass is 1010 g/mol. The van der Waals surface area contributed by atoms with Crippen molar-refractivity contribution in [3.8, 4) is 17.2 Å². The van der Waals surface area contributed by atoms with Gasteiger partial charge >= 0.3 is 5.97 Å². The largest absolute Gasteiger partial charge is 0.497 e. The smallest absolute Gasteiger partial charge is 0.310 e. The number of sulfonamides is 1. The number of aliphatic hydroxyl groups excluding tert-OH is 1. The van der Waals surface area contributed by atoms with Gasteiger partial charge in [0.05, 0.1) is 44.3 Å². The summed E-state index contributed by atoms with van der Waals surface area (Å²) >= 11 is 0. The van der Waals surface area contributed by atoms with Crippen molar-refractivity contribution in [3.63, 3.8) is 0 Å². The lowest BCUT2D eigenvalue weighted by atomic mass is 9.72. The lowest BCUT2D eigenvalue weighted by Crippen LogP contribution is -2.51. The van der Waals surface area contributed by atoms with Gasteiger partial charge in [-0.1, -0.05) is 96.0 Å². The molecule has 1 fully saturated rings. The molecule has 1 aliphatic rings. The minimum absolute atomic E-state index is 0.0360. The Morgan fingerprint density at radius 1 is 0.764 bits per heavy atom. The van der Waals surface area contributed by atoms with Crippen LogP contribution >= 0.6 is 0 Å². The molecule has 0 spiro atoms. The molecule has 3 unspecified atom stereocenters. The van der Waals surface area contributed by atoms with Gasteiger partial charge in [0.2, 0.25) is 33.4 Å². The van der Waals surface area contributed by atoms with Gasteiger partial charge in [-0.15, -0.1) is 0 Å². The third-order valence-electron chi connectivity index (χ3n) is 13.4. The van der Waals surface area contributed by atoms with Gasteiger partial charge in [-0.3, -0.25) is 24.0 Å². The summed E-state index contributed by atoms with van der Waals surface area (Å²) in [6.07, 6.45) is 1.11. The molecule has 16 heteroatoms. The lowest BCUT2D eigenvalue weighted by molar-refractivity contribution is -0.161. The Kier molecular flexibility index (Phi) is 21.0. The quantitative estimate of drug-likeness (QED) is 0.0380. The molecule has 72 heavy (non-hydrogen) atoms. The first-order valence-electron chi connectivity index (χ1n) is 24.9. The average molecular weight is 1010 g/mol. The van der Waals surface area contributed by atoms with E-state index in [-0.39, 0.29) is 43.2 Å². The highest BCUT2D eigenvalue weighted by molar-refractivity contribution is 7.89. The number of nitrogens with zero attached hydrogens (tertiary/aromatic N) is 1. The highest BCUT2D eigenvalue weighted by Gasteiger charge is 2.43. The molecule has 0 saturated heterocycles. The molecular formula is C56H73N3O12S. The molecule has 5 atom stereocenters. The van der Waals surface area contributed by atoms with Crippen LogP contribution in [-0.4, -0.2) is 93.7 Å². The molecule has 1 aliphatic carbocycles. The summed E-state index contributed by atoms with van der Waals surface area (Å²) in [5, 5.41) is 17.5. The third kappa shape index (κ3) is 15.7. The number of carbonyl (C=O) groups excluding carboxylic acids is 5. The Hall–Kier alpha value is -6.10. The van der Waals surface area contributed by atoms with E-state index < -0.39 is 74.9 Å². The van der Waals surface area contributed by atoms with Crippen LogP contribution in [0.5, 0.6) is 17.2 Å². The maximum atomic E-state index is 14.2. The van der Waals surface area contributed by atoms with Gasteiger partial charge in [-0.2, -0.15) is 4.31 Å². The van der Waals surface area contributed by atoms with Crippen LogP contribution in [0.25, 0.3) is 0 Å². The summed E-state index contributed by atoms with van der Waals surface area (Å²) in [6.45, 7) is 8.91. The molecule has 1 saturated carbocycles. The number of benzene rings is 4. The summed E-state index contributed by atoms with van der Waals surface area (Å²) < 4.78 is 51.5. The first kappa shape index (κ1) is 56.8. The summed E-state index contributed by atoms with van der Waals surface area (Å²) in [5.41, 5.74) is 1.82. The molecule has 4 aromatic rings. The van der Waals surface area contributed by atoms with Crippen molar-refractivity contribution in [2.45, 2.75) is 122 Å². The summed E-state index contributed by atoms with van der Waals surface area (Å²) in [5.74, 6) is -2.63. The predicted octanol–water partition coefficient (Wildman–Crippen LogP) is 8.46. The molecule has 15 nitrogen and oxygen atoms in total. The van der Waals surface area contributed by atoms with Crippen LogP contribution in [0.2, 0.25) is 0 Å². The summed E-state index contributed by atoms with van der Waals surface area (Å²) in [4.78, 5) is 68.4. The van der Waals surface area contributed by atoms with E-state index in [0.717, 1.165) is 17.5 Å². The van der Waals surface area contributed by atoms with E-state index in [1.165, 1.54) is 23.5 Å². The van der Waals surface area contributed by atoms with Crippen molar-refractivity contribution >= 4 is 45.1 Å². The Morgan fingerprint density at radius 3 is 2.07 bits per heavy atom. The molecule has 0 radical (unpaired) electrons. The maximum absolute atomic E-state index is 14.2. The minimum atomic E-state index is -4.06. The van der Waals surface area contributed by atoms with E-state index in [9.17, 15) is 37.5 Å². The second kappa shape index (κ2) is 26.6. The van der Waals surface area contributed by atoms with Crippen LogP contribution in [0.15, 0.2) is 102 Å². The number of carbonyl (C=O) groups is 5. The van der Waals surface area contributed by atoms with Crippen LogP contribution in [0.3, 0.4) is 0 Å². The van der Waals surface area contributed by atoms with E-state index in [2.05, 4.69) is 10.6 Å². The number of hydrogen-bond acceptors (Lipinski definition) is 12. The first-order chi connectivity index (χ1) is 34.3. The molecule has 5 rings (SSSR count). The van der Waals surface area contributed by atoms with E-state index >= 15 is 0 Å². The van der Waals surface area contributed by atoms with Crippen molar-refractivity contribution in [2.75, 3.05) is 39.7 Å². The molecule has 0 heterocycles. The fourth-order valence-corrected chi connectivity index (χ4v) is 10.5. The van der Waals surface area contributed by atoms with Gasteiger partial charge in [-0.25, -0.2) is 8.42 Å². The zero-order valence-electron chi connectivity index (χ0n) is 43.0. The molecular weight excluding hydrogens is 939 g/mol. The van der Waals surface area contributed by atoms with Gasteiger partial charge in [-0.05, 0) is 110 Å². The number of rotatable bonds is 27. The Labute approximate surface area is 425 Å². The Bertz CT molecular complexity index is 2570. The van der Waals surface area contributed by atoms with E-state index in [4.69, 9.17) is 18.9 Å². The van der Waals surface area contributed by atoms with Gasteiger partial charge < -0.3 is 34.7 Å². The number of esters is 1. The number of amides is 2. The van der Waals surface area contributed by atoms with Crippen LogP contribution in [0.4, 0.5) is 5.69 Å². The molecule has 0 bridgehead atoms. The second-order valence-corrected chi connectivity index (χ2v) is 21.5.